The van der Waals surface area contributed by atoms with E-state index in [1.807, 2.05) is 0 Å². The van der Waals surface area contributed by atoms with Gasteiger partial charge in [-0.3, -0.25) is 0 Å². The van der Waals surface area contributed by atoms with Crippen LogP contribution in [0.2, 0.25) is 0 Å². The van der Waals surface area contributed by atoms with Gasteiger partial charge in [-0.1, -0.05) is 6.08 Å². The second kappa shape index (κ2) is 4.20. The van der Waals surface area contributed by atoms with Crippen LogP contribution in [-0.2, 0) is 4.74 Å². The molecule has 70 valence electrons. The predicted octanol–water partition coefficient (Wildman–Crippen LogP) is 1.75. The molecule has 0 aliphatic heterocycles. The van der Waals surface area contributed by atoms with E-state index in [1.165, 1.54) is 24.5 Å². The Morgan fingerprint density at radius 3 is 3.08 bits per heavy atom. The van der Waals surface area contributed by atoms with E-state index >= 15 is 0 Å². The summed E-state index contributed by atoms with van der Waals surface area (Å²) in [6.07, 6.45) is 0.704. The molecular formula is C9H10O3S. The third-order valence-electron chi connectivity index (χ3n) is 1.56. The van der Waals surface area contributed by atoms with Crippen molar-refractivity contribution in [3.63, 3.8) is 0 Å². The highest BCUT2D eigenvalue weighted by molar-refractivity contribution is 7.10. The van der Waals surface area contributed by atoms with Crippen molar-refractivity contribution in [1.29, 1.82) is 0 Å². The van der Waals surface area contributed by atoms with Gasteiger partial charge in [-0.15, -0.1) is 17.9 Å². The summed E-state index contributed by atoms with van der Waals surface area (Å²) in [6, 6.07) is 1.60. The molecule has 0 amide bonds. The van der Waals surface area contributed by atoms with Crippen LogP contribution in [0, 0.1) is 0 Å². The molecule has 0 radical (unpaired) electrons. The van der Waals surface area contributed by atoms with Gasteiger partial charge in [0.25, 0.3) is 0 Å². The van der Waals surface area contributed by atoms with Crippen molar-refractivity contribution in [2.45, 2.75) is 6.10 Å². The molecule has 13 heavy (non-hydrogen) atoms. The van der Waals surface area contributed by atoms with Crippen molar-refractivity contribution in [2.75, 3.05) is 7.11 Å². The third kappa shape index (κ3) is 2.17. The Balaban J connectivity index is 2.86. The van der Waals surface area contributed by atoms with Gasteiger partial charge < -0.3 is 9.84 Å². The highest BCUT2D eigenvalue weighted by atomic mass is 32.1. The Morgan fingerprint density at radius 1 is 1.85 bits per heavy atom. The van der Waals surface area contributed by atoms with Crippen LogP contribution in [0.5, 0.6) is 0 Å². The molecule has 0 saturated carbocycles. The molecule has 3 nitrogen and oxygen atoms in total. The van der Waals surface area contributed by atoms with Crippen LogP contribution in [0.25, 0.3) is 0 Å². The van der Waals surface area contributed by atoms with Crippen LogP contribution in [0.15, 0.2) is 24.1 Å². The summed E-state index contributed by atoms with van der Waals surface area (Å²) in [5.41, 5.74) is 0.461. The van der Waals surface area contributed by atoms with Gasteiger partial charge >= 0.3 is 5.97 Å². The van der Waals surface area contributed by atoms with Crippen molar-refractivity contribution in [3.8, 4) is 0 Å². The van der Waals surface area contributed by atoms with Crippen LogP contribution in [-0.4, -0.2) is 18.2 Å². The van der Waals surface area contributed by atoms with Crippen LogP contribution in [0.4, 0.5) is 0 Å². The fourth-order valence-electron chi connectivity index (χ4n) is 0.849. The summed E-state index contributed by atoms with van der Waals surface area (Å²) in [7, 11) is 1.32. The summed E-state index contributed by atoms with van der Waals surface area (Å²) < 4.78 is 4.52. The Bertz CT molecular complexity index is 316. The molecule has 0 aliphatic carbocycles. The Morgan fingerprint density at radius 2 is 2.54 bits per heavy atom. The zero-order valence-corrected chi connectivity index (χ0v) is 8.00. The molecule has 0 aromatic carbocycles. The van der Waals surface area contributed by atoms with Gasteiger partial charge in [0.2, 0.25) is 0 Å². The normalized spacial score (nSPS) is 12.2. The summed E-state index contributed by atoms with van der Waals surface area (Å²) >= 11 is 1.30. The van der Waals surface area contributed by atoms with E-state index in [9.17, 15) is 9.90 Å². The lowest BCUT2D eigenvalue weighted by molar-refractivity contribution is 0.0601. The van der Waals surface area contributed by atoms with Gasteiger partial charge in [-0.05, 0) is 6.07 Å². The standard InChI is InChI=1S/C9H10O3S/c1-3-7(10)8-4-6(5-13-8)9(11)12-2/h3-5,7,10H,1H2,2H3. The van der Waals surface area contributed by atoms with Crippen molar-refractivity contribution in [2.24, 2.45) is 0 Å². The fourth-order valence-corrected chi connectivity index (χ4v) is 1.71. The minimum atomic E-state index is -0.705. The molecule has 1 unspecified atom stereocenters. The average molecular weight is 198 g/mol. The van der Waals surface area contributed by atoms with Gasteiger partial charge in [-0.2, -0.15) is 0 Å². The molecule has 1 rings (SSSR count). The van der Waals surface area contributed by atoms with Gasteiger partial charge in [-0.25, -0.2) is 4.79 Å². The van der Waals surface area contributed by atoms with E-state index in [-0.39, 0.29) is 0 Å². The summed E-state index contributed by atoms with van der Waals surface area (Å²) in [5.74, 6) is -0.390. The Labute approximate surface area is 80.3 Å². The van der Waals surface area contributed by atoms with E-state index in [2.05, 4.69) is 11.3 Å². The quantitative estimate of drug-likeness (QED) is 0.594. The zero-order valence-electron chi connectivity index (χ0n) is 7.19. The Kier molecular flexibility index (Phi) is 3.22. The number of esters is 1. The molecule has 0 saturated heterocycles. The first-order chi connectivity index (χ1) is 6.19. The minimum Gasteiger partial charge on any atom is -0.465 e. The number of carbonyl (C=O) groups excluding carboxylic acids is 1. The van der Waals surface area contributed by atoms with Crippen LogP contribution >= 0.6 is 11.3 Å². The maximum atomic E-state index is 11.0. The molecular weight excluding hydrogens is 188 g/mol. The summed E-state index contributed by atoms with van der Waals surface area (Å²) in [5, 5.41) is 11.0. The molecule has 1 N–H and O–H groups in total. The number of rotatable bonds is 3. The lowest BCUT2D eigenvalue weighted by Gasteiger charge is -1.98. The molecule has 1 aromatic rings. The number of carbonyl (C=O) groups is 1. The Hall–Kier alpha value is -1.13. The number of hydrogen-bond donors (Lipinski definition) is 1. The highest BCUT2D eigenvalue weighted by Crippen LogP contribution is 2.22. The minimum absolute atomic E-state index is 0.390. The van der Waals surface area contributed by atoms with Crippen molar-refractivity contribution in [1.82, 2.24) is 0 Å². The summed E-state index contributed by atoms with van der Waals surface area (Å²) in [4.78, 5) is 11.7. The maximum absolute atomic E-state index is 11.0. The van der Waals surface area contributed by atoms with Crippen LogP contribution in [0.3, 0.4) is 0 Å². The lowest BCUT2D eigenvalue weighted by atomic mass is 10.2. The fraction of sp³-hybridized carbons (Fsp3) is 0.222. The highest BCUT2D eigenvalue weighted by Gasteiger charge is 2.11. The van der Waals surface area contributed by atoms with Gasteiger partial charge in [0.05, 0.1) is 12.7 Å². The van der Waals surface area contributed by atoms with Gasteiger partial charge in [0.15, 0.2) is 0 Å². The van der Waals surface area contributed by atoms with Crippen molar-refractivity contribution < 1.29 is 14.6 Å². The van der Waals surface area contributed by atoms with E-state index < -0.39 is 12.1 Å². The van der Waals surface area contributed by atoms with Crippen LogP contribution in [0.1, 0.15) is 21.3 Å². The van der Waals surface area contributed by atoms with Crippen molar-refractivity contribution in [3.05, 3.63) is 34.5 Å². The van der Waals surface area contributed by atoms with E-state index in [0.717, 1.165) is 0 Å². The zero-order chi connectivity index (χ0) is 9.84. The molecule has 0 aliphatic rings. The topological polar surface area (TPSA) is 46.5 Å². The SMILES string of the molecule is C=CC(O)c1cc(C(=O)OC)cs1. The second-order valence-corrected chi connectivity index (χ2v) is 3.35. The van der Waals surface area contributed by atoms with E-state index in [0.29, 0.717) is 10.4 Å². The predicted molar refractivity (Wildman–Crippen MR) is 50.8 cm³/mol. The number of thiophene rings is 1. The third-order valence-corrected chi connectivity index (χ3v) is 2.56. The van der Waals surface area contributed by atoms with E-state index in [4.69, 9.17) is 0 Å². The van der Waals surface area contributed by atoms with Crippen LogP contribution < -0.4 is 0 Å². The largest absolute Gasteiger partial charge is 0.465 e. The second-order valence-electron chi connectivity index (χ2n) is 2.41. The molecule has 1 heterocycles. The van der Waals surface area contributed by atoms with Gasteiger partial charge in [0, 0.05) is 10.3 Å². The molecule has 4 heteroatoms. The first-order valence-electron chi connectivity index (χ1n) is 3.66. The smallest absolute Gasteiger partial charge is 0.338 e. The molecule has 1 atom stereocenters. The lowest BCUT2D eigenvalue weighted by Crippen LogP contribution is -1.98. The number of aliphatic hydroxyl groups excluding tert-OH is 1. The average Bonchev–Trinajstić information content (AvgIpc) is 2.64. The molecule has 0 bridgehead atoms. The first-order valence-corrected chi connectivity index (χ1v) is 4.54. The number of hydrogen-bond acceptors (Lipinski definition) is 4. The van der Waals surface area contributed by atoms with Gasteiger partial charge in [0.1, 0.15) is 6.10 Å². The number of aliphatic hydroxyl groups is 1. The van der Waals surface area contributed by atoms with Crippen molar-refractivity contribution >= 4 is 17.3 Å². The molecule has 0 fully saturated rings. The maximum Gasteiger partial charge on any atom is 0.338 e. The number of methoxy groups -OCH3 is 1. The molecule has 0 spiro atoms. The molecule has 1 aromatic heterocycles. The summed E-state index contributed by atoms with van der Waals surface area (Å²) in [6.45, 7) is 3.45. The first kappa shape index (κ1) is 9.95. The number of ether oxygens (including phenoxy) is 1. The van der Waals surface area contributed by atoms with E-state index in [1.54, 1.807) is 11.4 Å². The monoisotopic (exact) mass is 198 g/mol.